The molecule has 0 spiro atoms. The lowest BCUT2D eigenvalue weighted by atomic mass is 10.1. The molecule has 3 heterocycles. The summed E-state index contributed by atoms with van der Waals surface area (Å²) < 4.78 is 34.8. The lowest BCUT2D eigenvalue weighted by molar-refractivity contribution is -0.124. The van der Waals surface area contributed by atoms with Gasteiger partial charge in [-0.15, -0.1) is 5.10 Å². The number of ether oxygens (including phenoxy) is 1. The van der Waals surface area contributed by atoms with E-state index in [2.05, 4.69) is 30.5 Å². The van der Waals surface area contributed by atoms with Crippen molar-refractivity contribution in [1.82, 2.24) is 35.2 Å². The number of halogens is 2. The van der Waals surface area contributed by atoms with Crippen LogP contribution in [0.4, 0.5) is 8.78 Å². The number of pyridine rings is 1. The maximum absolute atomic E-state index is 14.2. The molecular formula is C13H11F2N7O2. The number of rotatable bonds is 6. The van der Waals surface area contributed by atoms with E-state index >= 15 is 0 Å². The molecule has 11 heteroatoms. The minimum atomic E-state index is -3.59. The largest absolute Gasteiger partial charge is 0.423 e. The standard InChI is InChI=1S/C13H11F2N7O2/c14-13(15,11(23)7-22-8-19-20-21-22)10-3-2-9(6-18-10)24-12-16-4-1-5-17-12/h1-6,8,11,23H,7H2. The van der Waals surface area contributed by atoms with E-state index < -0.39 is 24.3 Å². The number of aromatic nitrogens is 7. The van der Waals surface area contributed by atoms with Crippen LogP contribution in [0.25, 0.3) is 0 Å². The van der Waals surface area contributed by atoms with Crippen molar-refractivity contribution in [1.29, 1.82) is 0 Å². The topological polar surface area (TPSA) is 112 Å². The summed E-state index contributed by atoms with van der Waals surface area (Å²) in [7, 11) is 0. The molecule has 0 aromatic carbocycles. The van der Waals surface area contributed by atoms with Gasteiger partial charge in [-0.3, -0.25) is 4.98 Å². The first-order valence-electron chi connectivity index (χ1n) is 6.74. The summed E-state index contributed by atoms with van der Waals surface area (Å²) in [6, 6.07) is 4.02. The third-order valence-corrected chi connectivity index (χ3v) is 3.00. The number of hydrogen-bond acceptors (Lipinski definition) is 8. The Morgan fingerprint density at radius 1 is 1.21 bits per heavy atom. The van der Waals surface area contributed by atoms with E-state index in [0.29, 0.717) is 0 Å². The number of aliphatic hydroxyl groups excluding tert-OH is 1. The number of tetrazole rings is 1. The predicted molar refractivity (Wildman–Crippen MR) is 74.1 cm³/mol. The first-order valence-corrected chi connectivity index (χ1v) is 6.74. The summed E-state index contributed by atoms with van der Waals surface area (Å²) in [5.41, 5.74) is -0.607. The average Bonchev–Trinajstić information content (AvgIpc) is 3.09. The highest BCUT2D eigenvalue weighted by atomic mass is 19.3. The molecule has 24 heavy (non-hydrogen) atoms. The van der Waals surface area contributed by atoms with Crippen LogP contribution in [0.5, 0.6) is 11.8 Å². The lowest BCUT2D eigenvalue weighted by Crippen LogP contribution is -2.35. The zero-order chi connectivity index (χ0) is 17.0. The van der Waals surface area contributed by atoms with Crippen molar-refractivity contribution in [2.45, 2.75) is 18.6 Å². The number of alkyl halides is 2. The molecule has 124 valence electrons. The van der Waals surface area contributed by atoms with Gasteiger partial charge in [0.1, 0.15) is 23.9 Å². The molecule has 0 fully saturated rings. The van der Waals surface area contributed by atoms with Crippen molar-refractivity contribution in [3.8, 4) is 11.8 Å². The fourth-order valence-electron chi connectivity index (χ4n) is 1.81. The van der Waals surface area contributed by atoms with Crippen molar-refractivity contribution in [3.63, 3.8) is 0 Å². The Bertz CT molecular complexity index is 769. The van der Waals surface area contributed by atoms with Crippen LogP contribution in [0.15, 0.2) is 43.1 Å². The van der Waals surface area contributed by atoms with E-state index in [1.165, 1.54) is 18.5 Å². The normalized spacial score (nSPS) is 12.8. The molecule has 1 unspecified atom stereocenters. The molecular weight excluding hydrogens is 324 g/mol. The van der Waals surface area contributed by atoms with Gasteiger partial charge in [-0.05, 0) is 28.6 Å². The van der Waals surface area contributed by atoms with Crippen LogP contribution < -0.4 is 4.74 Å². The van der Waals surface area contributed by atoms with Crippen LogP contribution in [0.2, 0.25) is 0 Å². The Morgan fingerprint density at radius 3 is 2.62 bits per heavy atom. The molecule has 3 aromatic rings. The SMILES string of the molecule is OC(Cn1cnnn1)C(F)(F)c1ccc(Oc2ncccn2)cn1. The van der Waals surface area contributed by atoms with E-state index in [9.17, 15) is 13.9 Å². The molecule has 0 bridgehead atoms. The Morgan fingerprint density at radius 2 is 2.00 bits per heavy atom. The third kappa shape index (κ3) is 3.46. The minimum Gasteiger partial charge on any atom is -0.423 e. The maximum atomic E-state index is 14.2. The summed E-state index contributed by atoms with van der Waals surface area (Å²) in [5, 5.41) is 19.8. The summed E-state index contributed by atoms with van der Waals surface area (Å²) in [4.78, 5) is 11.3. The average molecular weight is 335 g/mol. The molecule has 0 amide bonds. The molecule has 0 aliphatic rings. The van der Waals surface area contributed by atoms with Crippen LogP contribution in [-0.4, -0.2) is 46.4 Å². The number of hydrogen-bond donors (Lipinski definition) is 1. The molecule has 0 aliphatic carbocycles. The zero-order valence-corrected chi connectivity index (χ0v) is 12.1. The second-order valence-electron chi connectivity index (χ2n) is 4.68. The van der Waals surface area contributed by atoms with Gasteiger partial charge in [0, 0.05) is 12.4 Å². The molecule has 0 radical (unpaired) electrons. The summed E-state index contributed by atoms with van der Waals surface area (Å²) >= 11 is 0. The zero-order valence-electron chi connectivity index (χ0n) is 12.1. The second-order valence-corrected chi connectivity index (χ2v) is 4.68. The van der Waals surface area contributed by atoms with Crippen molar-refractivity contribution in [2.24, 2.45) is 0 Å². The fraction of sp³-hybridized carbons (Fsp3) is 0.231. The van der Waals surface area contributed by atoms with Gasteiger partial charge in [0.05, 0.1) is 12.7 Å². The van der Waals surface area contributed by atoms with Crippen LogP contribution >= 0.6 is 0 Å². The van der Waals surface area contributed by atoms with Gasteiger partial charge in [0.25, 0.3) is 0 Å². The molecule has 9 nitrogen and oxygen atoms in total. The van der Waals surface area contributed by atoms with Crippen molar-refractivity contribution in [3.05, 3.63) is 48.8 Å². The minimum absolute atomic E-state index is 0.0672. The lowest BCUT2D eigenvalue weighted by Gasteiger charge is -2.21. The van der Waals surface area contributed by atoms with Gasteiger partial charge in [-0.1, -0.05) is 0 Å². The second kappa shape index (κ2) is 6.58. The van der Waals surface area contributed by atoms with E-state index in [1.54, 1.807) is 6.07 Å². The molecule has 3 aromatic heterocycles. The summed E-state index contributed by atoms with van der Waals surface area (Å²) in [6.07, 6.45) is 3.14. The third-order valence-electron chi connectivity index (χ3n) is 3.00. The predicted octanol–water partition coefficient (Wildman–Crippen LogP) is 0.803. The molecule has 1 N–H and O–H groups in total. The fourth-order valence-corrected chi connectivity index (χ4v) is 1.81. The van der Waals surface area contributed by atoms with Gasteiger partial charge in [-0.2, -0.15) is 8.78 Å². The van der Waals surface area contributed by atoms with Crippen molar-refractivity contribution in [2.75, 3.05) is 0 Å². The van der Waals surface area contributed by atoms with Crippen molar-refractivity contribution < 1.29 is 18.6 Å². The van der Waals surface area contributed by atoms with Crippen molar-refractivity contribution >= 4 is 0 Å². The molecule has 1 atom stereocenters. The Kier molecular flexibility index (Phi) is 4.33. The Hall–Kier alpha value is -3.08. The summed E-state index contributed by atoms with van der Waals surface area (Å²) in [6.45, 7) is -0.474. The highest BCUT2D eigenvalue weighted by Crippen LogP contribution is 2.32. The number of aliphatic hydroxyl groups is 1. The Labute approximate surface area is 134 Å². The molecule has 3 rings (SSSR count). The quantitative estimate of drug-likeness (QED) is 0.704. The van der Waals surface area contributed by atoms with Gasteiger partial charge in [0.15, 0.2) is 0 Å². The highest BCUT2D eigenvalue weighted by Gasteiger charge is 2.42. The van der Waals surface area contributed by atoms with Crippen LogP contribution in [0.1, 0.15) is 5.69 Å². The van der Waals surface area contributed by atoms with Crippen LogP contribution in [-0.2, 0) is 12.5 Å². The van der Waals surface area contributed by atoms with Crippen LogP contribution in [0.3, 0.4) is 0 Å². The first kappa shape index (κ1) is 15.8. The first-order chi connectivity index (χ1) is 11.6. The van der Waals surface area contributed by atoms with Gasteiger partial charge >= 0.3 is 11.9 Å². The van der Waals surface area contributed by atoms with E-state index in [1.807, 2.05) is 0 Å². The molecule has 0 aliphatic heterocycles. The Balaban J connectivity index is 1.71. The number of nitrogens with zero attached hydrogens (tertiary/aromatic N) is 7. The highest BCUT2D eigenvalue weighted by molar-refractivity contribution is 5.25. The maximum Gasteiger partial charge on any atom is 0.321 e. The van der Waals surface area contributed by atoms with E-state index in [-0.39, 0.29) is 11.8 Å². The van der Waals surface area contributed by atoms with Gasteiger partial charge in [0.2, 0.25) is 0 Å². The monoisotopic (exact) mass is 335 g/mol. The smallest absolute Gasteiger partial charge is 0.321 e. The van der Waals surface area contributed by atoms with Gasteiger partial charge in [-0.25, -0.2) is 14.6 Å². The molecule has 0 saturated carbocycles. The van der Waals surface area contributed by atoms with E-state index in [0.717, 1.165) is 23.3 Å². The van der Waals surface area contributed by atoms with Gasteiger partial charge < -0.3 is 9.84 Å². The molecule has 0 saturated heterocycles. The van der Waals surface area contributed by atoms with E-state index in [4.69, 9.17) is 4.74 Å². The summed E-state index contributed by atoms with van der Waals surface area (Å²) in [5.74, 6) is -3.40. The van der Waals surface area contributed by atoms with Crippen LogP contribution in [0, 0.1) is 0 Å².